The Morgan fingerprint density at radius 3 is 2.94 bits per heavy atom. The summed E-state index contributed by atoms with van der Waals surface area (Å²) in [5.74, 6) is 0.303. The summed E-state index contributed by atoms with van der Waals surface area (Å²) in [6.07, 6.45) is 0.927. The van der Waals surface area contributed by atoms with E-state index in [9.17, 15) is 4.79 Å². The predicted molar refractivity (Wildman–Crippen MR) is 68.9 cm³/mol. The van der Waals surface area contributed by atoms with Crippen molar-refractivity contribution in [2.45, 2.75) is 13.3 Å². The first-order valence-corrected chi connectivity index (χ1v) is 6.00. The van der Waals surface area contributed by atoms with Crippen LogP contribution in [0.15, 0.2) is 6.07 Å². The van der Waals surface area contributed by atoms with Gasteiger partial charge in [-0.05, 0) is 12.5 Å². The second kappa shape index (κ2) is 4.54. The molecule has 17 heavy (non-hydrogen) atoms. The number of nitrogen functional groups attached to an aromatic ring is 1. The number of nitrogens with zero attached hydrogens (tertiary/aromatic N) is 2. The molecular weight excluding hydrogens is 238 g/mol. The smallest absolute Gasteiger partial charge is 0.236 e. The number of carbonyl (C=O) groups is 1. The summed E-state index contributed by atoms with van der Waals surface area (Å²) >= 11 is 1.57. The van der Waals surface area contributed by atoms with Crippen molar-refractivity contribution < 1.29 is 4.79 Å². The Morgan fingerprint density at radius 1 is 1.53 bits per heavy atom. The maximum absolute atomic E-state index is 10.7. The molecule has 2 aromatic rings. The number of amides is 1. The number of carbonyl (C=O) groups excluding carboxylic acids is 1. The molecule has 0 spiro atoms. The van der Waals surface area contributed by atoms with Crippen molar-refractivity contribution in [2.75, 3.05) is 17.6 Å². The van der Waals surface area contributed by atoms with E-state index in [0.29, 0.717) is 5.82 Å². The van der Waals surface area contributed by atoms with Crippen molar-refractivity contribution in [1.29, 1.82) is 0 Å². The molecular formula is C10H13N5OS. The number of hydrogen-bond acceptors (Lipinski definition) is 6. The predicted octanol–water partition coefficient (Wildman–Crippen LogP) is 0.733. The third kappa shape index (κ3) is 2.44. The number of nitrogens with one attached hydrogen (secondary N) is 1. The second-order valence-corrected chi connectivity index (χ2v) is 4.65. The first kappa shape index (κ1) is 11.6. The highest BCUT2D eigenvalue weighted by molar-refractivity contribution is 7.18. The largest absolute Gasteiger partial charge is 0.368 e. The summed E-state index contributed by atoms with van der Waals surface area (Å²) in [6, 6.07) is 2.00. The second-order valence-electron chi connectivity index (χ2n) is 3.54. The maximum Gasteiger partial charge on any atom is 0.236 e. The van der Waals surface area contributed by atoms with E-state index < -0.39 is 5.91 Å². The zero-order chi connectivity index (χ0) is 12.4. The van der Waals surface area contributed by atoms with Gasteiger partial charge in [0.05, 0.1) is 11.9 Å². The van der Waals surface area contributed by atoms with E-state index in [-0.39, 0.29) is 12.5 Å². The molecule has 0 aliphatic heterocycles. The lowest BCUT2D eigenvalue weighted by atomic mass is 10.3. The highest BCUT2D eigenvalue weighted by Crippen LogP contribution is 2.29. The van der Waals surface area contributed by atoms with Crippen LogP contribution in [0.1, 0.15) is 11.8 Å². The van der Waals surface area contributed by atoms with Crippen molar-refractivity contribution in [3.63, 3.8) is 0 Å². The molecule has 0 atom stereocenters. The van der Waals surface area contributed by atoms with Gasteiger partial charge in [-0.3, -0.25) is 4.79 Å². The molecule has 0 unspecified atom stereocenters. The Bertz CT molecular complexity index is 565. The van der Waals surface area contributed by atoms with Crippen LogP contribution in [0.4, 0.5) is 11.8 Å². The number of thiophene rings is 1. The molecule has 0 saturated carbocycles. The third-order valence-electron chi connectivity index (χ3n) is 2.24. The molecule has 0 radical (unpaired) electrons. The lowest BCUT2D eigenvalue weighted by Crippen LogP contribution is -2.22. The molecule has 0 aliphatic rings. The highest BCUT2D eigenvalue weighted by Gasteiger charge is 2.10. The third-order valence-corrected chi connectivity index (χ3v) is 3.41. The van der Waals surface area contributed by atoms with Gasteiger partial charge in [0.15, 0.2) is 0 Å². The summed E-state index contributed by atoms with van der Waals surface area (Å²) in [7, 11) is 0. The number of anilines is 2. The number of aromatic nitrogens is 2. The Labute approximate surface area is 102 Å². The van der Waals surface area contributed by atoms with E-state index in [0.717, 1.165) is 16.6 Å². The minimum atomic E-state index is -0.443. The summed E-state index contributed by atoms with van der Waals surface area (Å²) in [5.41, 5.74) is 10.7. The molecule has 0 bridgehead atoms. The monoisotopic (exact) mass is 251 g/mol. The van der Waals surface area contributed by atoms with Gasteiger partial charge in [-0.2, -0.15) is 4.98 Å². The molecule has 7 heteroatoms. The molecule has 0 fully saturated rings. The van der Waals surface area contributed by atoms with Crippen LogP contribution in [0.3, 0.4) is 0 Å². The summed E-state index contributed by atoms with van der Waals surface area (Å²) in [4.78, 5) is 21.0. The van der Waals surface area contributed by atoms with Crippen molar-refractivity contribution >= 4 is 39.2 Å². The van der Waals surface area contributed by atoms with Crippen LogP contribution in [0, 0.1) is 0 Å². The normalized spacial score (nSPS) is 10.6. The van der Waals surface area contributed by atoms with Crippen LogP contribution in [-0.4, -0.2) is 22.4 Å². The van der Waals surface area contributed by atoms with E-state index in [1.54, 1.807) is 11.3 Å². The molecule has 90 valence electrons. The van der Waals surface area contributed by atoms with Gasteiger partial charge in [0, 0.05) is 4.88 Å². The Hall–Kier alpha value is -1.89. The van der Waals surface area contributed by atoms with Crippen molar-refractivity contribution in [3.8, 4) is 0 Å². The first-order chi connectivity index (χ1) is 8.10. The Morgan fingerprint density at radius 2 is 2.29 bits per heavy atom. The molecule has 6 nitrogen and oxygen atoms in total. The van der Waals surface area contributed by atoms with Gasteiger partial charge in [0.2, 0.25) is 11.9 Å². The van der Waals surface area contributed by atoms with Crippen molar-refractivity contribution in [2.24, 2.45) is 5.73 Å². The Kier molecular flexibility index (Phi) is 3.10. The van der Waals surface area contributed by atoms with Gasteiger partial charge >= 0.3 is 0 Å². The van der Waals surface area contributed by atoms with Crippen LogP contribution in [0.5, 0.6) is 0 Å². The number of nitrogens with two attached hydrogens (primary N) is 2. The topological polar surface area (TPSA) is 107 Å². The quantitative estimate of drug-likeness (QED) is 0.742. The van der Waals surface area contributed by atoms with E-state index >= 15 is 0 Å². The standard InChI is InChI=1S/C10H13N5OS/c1-2-5-3-6-8(13-4-7(11)16)14-10(12)15-9(6)17-5/h3H,2,4H2,1H3,(H2,11,16)(H3,12,13,14,15). The summed E-state index contributed by atoms with van der Waals surface area (Å²) in [5, 5.41) is 3.74. The molecule has 0 aliphatic carbocycles. The lowest BCUT2D eigenvalue weighted by molar-refractivity contribution is -0.116. The lowest BCUT2D eigenvalue weighted by Gasteiger charge is -2.04. The van der Waals surface area contributed by atoms with E-state index in [4.69, 9.17) is 11.5 Å². The zero-order valence-corrected chi connectivity index (χ0v) is 10.2. The van der Waals surface area contributed by atoms with Crippen molar-refractivity contribution in [1.82, 2.24) is 9.97 Å². The number of aryl methyl sites for hydroxylation is 1. The minimum Gasteiger partial charge on any atom is -0.368 e. The molecule has 2 aromatic heterocycles. The average Bonchev–Trinajstić information content (AvgIpc) is 2.68. The zero-order valence-electron chi connectivity index (χ0n) is 9.36. The fourth-order valence-electron chi connectivity index (χ4n) is 1.47. The number of fused-ring (bicyclic) bond motifs is 1. The molecule has 5 N–H and O–H groups in total. The van der Waals surface area contributed by atoms with Crippen LogP contribution >= 0.6 is 11.3 Å². The summed E-state index contributed by atoms with van der Waals surface area (Å²) < 4.78 is 0. The van der Waals surface area contributed by atoms with E-state index in [2.05, 4.69) is 22.2 Å². The molecule has 0 saturated heterocycles. The number of primary amides is 1. The fourth-order valence-corrected chi connectivity index (χ4v) is 2.44. The van der Waals surface area contributed by atoms with Gasteiger partial charge in [-0.15, -0.1) is 11.3 Å². The van der Waals surface area contributed by atoms with Crippen LogP contribution < -0.4 is 16.8 Å². The first-order valence-electron chi connectivity index (χ1n) is 5.18. The molecule has 1 amide bonds. The maximum atomic E-state index is 10.7. The number of rotatable bonds is 4. The molecule has 0 aromatic carbocycles. The summed E-state index contributed by atoms with van der Waals surface area (Å²) in [6.45, 7) is 2.10. The fraction of sp³-hybridized carbons (Fsp3) is 0.300. The molecule has 2 rings (SSSR count). The Balaban J connectivity index is 2.44. The van der Waals surface area contributed by atoms with Gasteiger partial charge in [-0.1, -0.05) is 6.92 Å². The molecule has 2 heterocycles. The van der Waals surface area contributed by atoms with Crippen LogP contribution in [0.2, 0.25) is 0 Å². The van der Waals surface area contributed by atoms with E-state index in [1.807, 2.05) is 6.07 Å². The minimum absolute atomic E-state index is 0.0306. The van der Waals surface area contributed by atoms with Gasteiger partial charge < -0.3 is 16.8 Å². The van der Waals surface area contributed by atoms with E-state index in [1.165, 1.54) is 4.88 Å². The van der Waals surface area contributed by atoms with Crippen LogP contribution in [0.25, 0.3) is 10.2 Å². The van der Waals surface area contributed by atoms with Gasteiger partial charge in [-0.25, -0.2) is 4.98 Å². The average molecular weight is 251 g/mol. The SMILES string of the molecule is CCc1cc2c(NCC(N)=O)nc(N)nc2s1. The highest BCUT2D eigenvalue weighted by atomic mass is 32.1. The van der Waals surface area contributed by atoms with Gasteiger partial charge in [0.1, 0.15) is 10.6 Å². The number of hydrogen-bond donors (Lipinski definition) is 3. The van der Waals surface area contributed by atoms with Crippen molar-refractivity contribution in [3.05, 3.63) is 10.9 Å². The van der Waals surface area contributed by atoms with Crippen LogP contribution in [-0.2, 0) is 11.2 Å². The van der Waals surface area contributed by atoms with Gasteiger partial charge in [0.25, 0.3) is 0 Å².